The summed E-state index contributed by atoms with van der Waals surface area (Å²) in [5.41, 5.74) is 5.32. The van der Waals surface area contributed by atoms with Gasteiger partial charge in [-0.1, -0.05) is 90.8 Å². The highest BCUT2D eigenvalue weighted by Crippen LogP contribution is 2.59. The van der Waals surface area contributed by atoms with Crippen molar-refractivity contribution in [3.05, 3.63) is 69.8 Å². The van der Waals surface area contributed by atoms with Gasteiger partial charge in [0.2, 0.25) is 0 Å². The highest BCUT2D eigenvalue weighted by atomic mass is 16.6. The van der Waals surface area contributed by atoms with Crippen molar-refractivity contribution in [1.29, 1.82) is 0 Å². The molecule has 2 N–H and O–H groups in total. The summed E-state index contributed by atoms with van der Waals surface area (Å²) in [6.07, 6.45) is 9.12. The zero-order valence-corrected chi connectivity index (χ0v) is 32.7. The first-order chi connectivity index (χ1) is 24.1. The lowest BCUT2D eigenvalue weighted by Gasteiger charge is -2.54. The Morgan fingerprint density at radius 1 is 0.686 bits per heavy atom. The SMILES string of the molecule is CC(C)c1ccc2c(c1)CCC1C(C)(C(=O)OCC(CO)(CO)COC(=O)C3(C)CCCC4(C)c5ccc(C(C)C)cc5CCC34)CCCC21C. The van der Waals surface area contributed by atoms with Crippen LogP contribution in [-0.2, 0) is 42.7 Å². The molecule has 6 unspecified atom stereocenters. The third kappa shape index (κ3) is 6.38. The fourth-order valence-electron chi connectivity index (χ4n) is 11.3. The van der Waals surface area contributed by atoms with Gasteiger partial charge in [-0.25, -0.2) is 0 Å². The van der Waals surface area contributed by atoms with Gasteiger partial charge in [-0.2, -0.15) is 0 Å². The van der Waals surface area contributed by atoms with Gasteiger partial charge in [0.1, 0.15) is 13.2 Å². The fourth-order valence-corrected chi connectivity index (χ4v) is 11.3. The molecule has 0 saturated heterocycles. The Balaban J connectivity index is 1.15. The molecule has 4 aliphatic carbocycles. The number of ether oxygens (including phenoxy) is 2. The van der Waals surface area contributed by atoms with Crippen LogP contribution >= 0.6 is 0 Å². The number of rotatable bonds is 10. The van der Waals surface area contributed by atoms with Gasteiger partial charge in [-0.05, 0) is 133 Å². The Labute approximate surface area is 307 Å². The van der Waals surface area contributed by atoms with Gasteiger partial charge in [0.05, 0.1) is 29.5 Å². The number of carbonyl (C=O) groups excluding carboxylic acids is 2. The lowest BCUT2D eigenvalue weighted by molar-refractivity contribution is -0.179. The number of hydrogen-bond acceptors (Lipinski definition) is 6. The third-order valence-electron chi connectivity index (χ3n) is 14.7. The van der Waals surface area contributed by atoms with Gasteiger partial charge in [-0.15, -0.1) is 0 Å². The van der Waals surface area contributed by atoms with E-state index in [0.717, 1.165) is 64.2 Å². The van der Waals surface area contributed by atoms with Gasteiger partial charge >= 0.3 is 11.9 Å². The number of hydrogen-bond donors (Lipinski definition) is 2. The van der Waals surface area contributed by atoms with Crippen LogP contribution in [0.1, 0.15) is 152 Å². The Bertz CT molecular complexity index is 1510. The number of fused-ring (bicyclic) bond motifs is 6. The zero-order valence-electron chi connectivity index (χ0n) is 32.7. The van der Waals surface area contributed by atoms with Crippen LogP contribution in [0.5, 0.6) is 0 Å². The van der Waals surface area contributed by atoms with Crippen molar-refractivity contribution in [2.45, 2.75) is 142 Å². The summed E-state index contributed by atoms with van der Waals surface area (Å²) in [5.74, 6) is 0.622. The smallest absolute Gasteiger partial charge is 0.312 e. The summed E-state index contributed by atoms with van der Waals surface area (Å²) < 4.78 is 12.2. The summed E-state index contributed by atoms with van der Waals surface area (Å²) in [5, 5.41) is 21.2. The van der Waals surface area contributed by atoms with Crippen molar-refractivity contribution in [2.24, 2.45) is 28.1 Å². The standard InChI is InChI=1S/C45H64O6/c1-29(2)31-11-15-35-33(23-31)13-17-37-41(35,5)19-9-21-43(37,7)39(48)50-27-45(25-46,26-47)28-51-40(49)44(8)22-10-20-42(6)36-16-12-32(30(3)4)24-34(36)14-18-38(42)44/h11-12,15-16,23-24,29-30,37-38,46-47H,9-10,13-14,17-22,25-28H2,1-8H3. The minimum atomic E-state index is -1.28. The predicted octanol–water partition coefficient (Wildman–Crippen LogP) is 8.71. The minimum absolute atomic E-state index is 0.122. The number of benzene rings is 2. The van der Waals surface area contributed by atoms with E-state index in [0.29, 0.717) is 11.8 Å². The third-order valence-corrected chi connectivity index (χ3v) is 14.7. The lowest BCUT2D eigenvalue weighted by atomic mass is 9.49. The van der Waals surface area contributed by atoms with E-state index in [2.05, 4.69) is 91.8 Å². The molecule has 2 saturated carbocycles. The molecule has 6 nitrogen and oxygen atoms in total. The maximum atomic E-state index is 14.1. The molecule has 0 amide bonds. The van der Waals surface area contributed by atoms with Crippen LogP contribution in [0.25, 0.3) is 0 Å². The van der Waals surface area contributed by atoms with Crippen molar-refractivity contribution in [3.63, 3.8) is 0 Å². The highest BCUT2D eigenvalue weighted by molar-refractivity contribution is 5.78. The molecule has 4 aliphatic rings. The summed E-state index contributed by atoms with van der Waals surface area (Å²) in [7, 11) is 0. The average Bonchev–Trinajstić information content (AvgIpc) is 3.11. The molecule has 2 fully saturated rings. The van der Waals surface area contributed by atoms with Gasteiger partial charge in [0, 0.05) is 0 Å². The number of aliphatic hydroxyl groups is 2. The Kier molecular flexibility index (Phi) is 10.4. The normalized spacial score (nSPS) is 31.7. The van der Waals surface area contributed by atoms with E-state index in [4.69, 9.17) is 9.47 Å². The molecule has 0 heterocycles. The van der Waals surface area contributed by atoms with Gasteiger partial charge in [-0.3, -0.25) is 9.59 Å². The Morgan fingerprint density at radius 3 is 1.43 bits per heavy atom. The van der Waals surface area contributed by atoms with Crippen molar-refractivity contribution in [2.75, 3.05) is 26.4 Å². The second-order valence-electron chi connectivity index (χ2n) is 18.7. The van der Waals surface area contributed by atoms with E-state index in [1.807, 2.05) is 0 Å². The van der Waals surface area contributed by atoms with Crippen molar-refractivity contribution >= 4 is 11.9 Å². The molecule has 6 heteroatoms. The topological polar surface area (TPSA) is 93.1 Å². The zero-order chi connectivity index (χ0) is 37.0. The molecule has 0 bridgehead atoms. The molecule has 6 atom stereocenters. The fraction of sp³-hybridized carbons (Fsp3) is 0.689. The number of aryl methyl sites for hydroxylation is 2. The largest absolute Gasteiger partial charge is 0.464 e. The summed E-state index contributed by atoms with van der Waals surface area (Å²) in [6, 6.07) is 13.8. The van der Waals surface area contributed by atoms with Gasteiger partial charge in [0.25, 0.3) is 0 Å². The molecule has 6 rings (SSSR count). The summed E-state index contributed by atoms with van der Waals surface area (Å²) in [4.78, 5) is 28.3. The first-order valence-electron chi connectivity index (χ1n) is 19.9. The van der Waals surface area contributed by atoms with Crippen LogP contribution < -0.4 is 0 Å². The van der Waals surface area contributed by atoms with Crippen LogP contribution in [0, 0.1) is 28.1 Å². The van der Waals surface area contributed by atoms with E-state index in [9.17, 15) is 19.8 Å². The van der Waals surface area contributed by atoms with Crippen molar-refractivity contribution in [3.8, 4) is 0 Å². The van der Waals surface area contributed by atoms with E-state index >= 15 is 0 Å². The lowest BCUT2D eigenvalue weighted by Crippen LogP contribution is -2.54. The summed E-state index contributed by atoms with van der Waals surface area (Å²) in [6.45, 7) is 16.3. The van der Waals surface area contributed by atoms with Gasteiger partial charge in [0.15, 0.2) is 0 Å². The molecular weight excluding hydrogens is 636 g/mol. The highest BCUT2D eigenvalue weighted by Gasteiger charge is 2.58. The van der Waals surface area contributed by atoms with E-state index in [1.165, 1.54) is 33.4 Å². The van der Waals surface area contributed by atoms with Crippen molar-refractivity contribution < 1.29 is 29.3 Å². The molecule has 0 spiro atoms. The molecule has 2 aromatic rings. The van der Waals surface area contributed by atoms with Crippen LogP contribution in [-0.4, -0.2) is 48.6 Å². The molecule has 0 radical (unpaired) electrons. The minimum Gasteiger partial charge on any atom is -0.464 e. The average molecular weight is 701 g/mol. The van der Waals surface area contributed by atoms with E-state index in [1.54, 1.807) is 0 Å². The maximum Gasteiger partial charge on any atom is 0.312 e. The summed E-state index contributed by atoms with van der Waals surface area (Å²) >= 11 is 0. The van der Waals surface area contributed by atoms with E-state index in [-0.39, 0.29) is 47.8 Å². The van der Waals surface area contributed by atoms with Crippen LogP contribution in [0.3, 0.4) is 0 Å². The molecule has 0 aliphatic heterocycles. The van der Waals surface area contributed by atoms with Gasteiger partial charge < -0.3 is 19.7 Å². The molecular formula is C45H64O6. The second-order valence-corrected chi connectivity index (χ2v) is 18.7. The van der Waals surface area contributed by atoms with Crippen LogP contribution in [0.2, 0.25) is 0 Å². The Hall–Kier alpha value is -2.70. The first-order valence-corrected chi connectivity index (χ1v) is 19.9. The molecule has 2 aromatic carbocycles. The van der Waals surface area contributed by atoms with E-state index < -0.39 is 29.5 Å². The van der Waals surface area contributed by atoms with Crippen molar-refractivity contribution in [1.82, 2.24) is 0 Å². The maximum absolute atomic E-state index is 14.1. The first kappa shape index (κ1) is 38.0. The molecule has 51 heavy (non-hydrogen) atoms. The quantitative estimate of drug-likeness (QED) is 0.241. The molecule has 280 valence electrons. The number of aliphatic hydroxyl groups excluding tert-OH is 2. The van der Waals surface area contributed by atoms with Crippen LogP contribution in [0.15, 0.2) is 36.4 Å². The van der Waals surface area contributed by atoms with Crippen LogP contribution in [0.4, 0.5) is 0 Å². The number of carbonyl (C=O) groups is 2. The Morgan fingerprint density at radius 2 is 1.08 bits per heavy atom. The molecule has 0 aromatic heterocycles. The predicted molar refractivity (Wildman–Crippen MR) is 202 cm³/mol. The monoisotopic (exact) mass is 700 g/mol. The number of esters is 2. The second kappa shape index (κ2) is 13.9.